The number of halogens is 2. The molecule has 1 N–H and O–H groups in total. The molecule has 2 unspecified atom stereocenters. The van der Waals surface area contributed by atoms with Crippen molar-refractivity contribution >= 4 is 28.4 Å². The SMILES string of the molecule is CCc1c(F)ccc2cccc(N3CCc4c(nc(OCC56CCCN5CC(F)C6)nc4N4C[C@H]5CC[C@@H](C4)N5C(=O)O)C3)c12. The third-order valence-electron chi connectivity index (χ3n) is 11.0. The van der Waals surface area contributed by atoms with Gasteiger partial charge < -0.3 is 19.6 Å². The zero-order chi connectivity index (χ0) is 30.9. The summed E-state index contributed by atoms with van der Waals surface area (Å²) in [7, 11) is 0. The molecule has 9 nitrogen and oxygen atoms in total. The lowest BCUT2D eigenvalue weighted by Crippen LogP contribution is -2.56. The van der Waals surface area contributed by atoms with Gasteiger partial charge in [-0.25, -0.2) is 13.6 Å². The van der Waals surface area contributed by atoms with Gasteiger partial charge in [-0.05, 0) is 68.2 Å². The predicted octanol–water partition coefficient (Wildman–Crippen LogP) is 5.18. The lowest BCUT2D eigenvalue weighted by molar-refractivity contribution is 0.106. The topological polar surface area (TPSA) is 85.3 Å². The molecule has 8 rings (SSSR count). The van der Waals surface area contributed by atoms with Crippen molar-refractivity contribution in [2.75, 3.05) is 49.1 Å². The maximum atomic E-state index is 15.0. The van der Waals surface area contributed by atoms with Crippen molar-refractivity contribution in [3.8, 4) is 6.01 Å². The number of hydrogen-bond acceptors (Lipinski definition) is 7. The largest absolute Gasteiger partial charge is 0.465 e. The molecule has 1 aromatic heterocycles. The number of carboxylic acid groups (broad SMARTS) is 1. The van der Waals surface area contributed by atoms with Crippen LogP contribution in [0, 0.1) is 5.82 Å². The average molecular weight is 619 g/mol. The highest BCUT2D eigenvalue weighted by atomic mass is 19.1. The molecule has 0 aliphatic carbocycles. The Kier molecular flexibility index (Phi) is 7.00. The van der Waals surface area contributed by atoms with Crippen molar-refractivity contribution in [1.29, 1.82) is 0 Å². The minimum Gasteiger partial charge on any atom is -0.465 e. The van der Waals surface area contributed by atoms with Gasteiger partial charge in [0.05, 0.1) is 29.9 Å². The number of fused-ring (bicyclic) bond motifs is 5. The molecule has 0 radical (unpaired) electrons. The molecule has 11 heteroatoms. The molecule has 5 aliphatic rings. The van der Waals surface area contributed by atoms with E-state index in [1.165, 1.54) is 0 Å². The number of rotatable bonds is 6. The van der Waals surface area contributed by atoms with E-state index in [9.17, 15) is 18.7 Å². The molecule has 0 spiro atoms. The Hall–Kier alpha value is -3.73. The molecule has 2 aromatic carbocycles. The lowest BCUT2D eigenvalue weighted by atomic mass is 9.95. The summed E-state index contributed by atoms with van der Waals surface area (Å²) in [6.45, 7) is 6.08. The summed E-state index contributed by atoms with van der Waals surface area (Å²) in [5.74, 6) is 0.637. The van der Waals surface area contributed by atoms with Gasteiger partial charge in [-0.3, -0.25) is 9.80 Å². The number of aryl methyl sites for hydroxylation is 1. The van der Waals surface area contributed by atoms with E-state index in [2.05, 4.69) is 20.8 Å². The van der Waals surface area contributed by atoms with Gasteiger partial charge >= 0.3 is 12.1 Å². The van der Waals surface area contributed by atoms with E-state index in [-0.39, 0.29) is 23.4 Å². The first-order valence-electron chi connectivity index (χ1n) is 16.5. The van der Waals surface area contributed by atoms with Gasteiger partial charge in [0, 0.05) is 49.2 Å². The first-order valence-corrected chi connectivity index (χ1v) is 16.5. The van der Waals surface area contributed by atoms with Gasteiger partial charge in [-0.2, -0.15) is 9.97 Å². The Bertz CT molecular complexity index is 1640. The van der Waals surface area contributed by atoms with Crippen LogP contribution in [0.5, 0.6) is 6.01 Å². The van der Waals surface area contributed by atoms with E-state index in [0.717, 1.165) is 77.9 Å². The first-order chi connectivity index (χ1) is 21.8. The van der Waals surface area contributed by atoms with E-state index in [1.807, 2.05) is 25.1 Å². The minimum absolute atomic E-state index is 0.0692. The molecule has 238 valence electrons. The number of piperazine rings is 1. The molecule has 6 heterocycles. The predicted molar refractivity (Wildman–Crippen MR) is 168 cm³/mol. The van der Waals surface area contributed by atoms with Crippen molar-refractivity contribution in [3.63, 3.8) is 0 Å². The zero-order valence-corrected chi connectivity index (χ0v) is 25.7. The molecule has 2 bridgehead atoms. The second-order valence-corrected chi connectivity index (χ2v) is 13.5. The number of amides is 1. The van der Waals surface area contributed by atoms with Crippen LogP contribution >= 0.6 is 0 Å². The number of anilines is 2. The maximum Gasteiger partial charge on any atom is 0.407 e. The highest BCUT2D eigenvalue weighted by molar-refractivity contribution is 5.97. The van der Waals surface area contributed by atoms with Crippen LogP contribution < -0.4 is 14.5 Å². The summed E-state index contributed by atoms with van der Waals surface area (Å²) in [6.07, 6.45) is 3.69. The smallest absolute Gasteiger partial charge is 0.407 e. The second-order valence-electron chi connectivity index (χ2n) is 13.5. The summed E-state index contributed by atoms with van der Waals surface area (Å²) in [6, 6.07) is 9.67. The van der Waals surface area contributed by atoms with E-state index in [4.69, 9.17) is 14.7 Å². The van der Waals surface area contributed by atoms with Gasteiger partial charge in [-0.1, -0.05) is 25.1 Å². The van der Waals surface area contributed by atoms with Crippen LogP contribution in [0.4, 0.5) is 25.1 Å². The lowest BCUT2D eigenvalue weighted by Gasteiger charge is -2.41. The van der Waals surface area contributed by atoms with Crippen molar-refractivity contribution in [1.82, 2.24) is 19.8 Å². The third-order valence-corrected chi connectivity index (χ3v) is 11.0. The monoisotopic (exact) mass is 618 g/mol. The molecule has 45 heavy (non-hydrogen) atoms. The Morgan fingerprint density at radius 2 is 1.91 bits per heavy atom. The fourth-order valence-electron chi connectivity index (χ4n) is 8.97. The zero-order valence-electron chi connectivity index (χ0n) is 25.7. The van der Waals surface area contributed by atoms with Crippen molar-refractivity contribution < 1.29 is 23.4 Å². The highest BCUT2D eigenvalue weighted by Crippen LogP contribution is 2.42. The van der Waals surface area contributed by atoms with Crippen LogP contribution in [-0.4, -0.2) is 94.1 Å². The molecule has 3 aromatic rings. The van der Waals surface area contributed by atoms with Gasteiger partial charge in [0.15, 0.2) is 0 Å². The van der Waals surface area contributed by atoms with Crippen LogP contribution in [-0.2, 0) is 19.4 Å². The van der Waals surface area contributed by atoms with Gasteiger partial charge in [0.1, 0.15) is 24.4 Å². The van der Waals surface area contributed by atoms with E-state index >= 15 is 0 Å². The quantitative estimate of drug-likeness (QED) is 0.405. The number of nitrogens with zero attached hydrogens (tertiary/aromatic N) is 6. The van der Waals surface area contributed by atoms with Crippen molar-refractivity contribution in [2.45, 2.75) is 82.2 Å². The Labute approximate surface area is 261 Å². The number of carbonyl (C=O) groups is 1. The Morgan fingerprint density at radius 3 is 2.69 bits per heavy atom. The number of ether oxygens (including phenoxy) is 1. The Morgan fingerprint density at radius 1 is 1.09 bits per heavy atom. The molecular formula is C34H40F2N6O3. The summed E-state index contributed by atoms with van der Waals surface area (Å²) in [5, 5.41) is 11.8. The summed E-state index contributed by atoms with van der Waals surface area (Å²) in [4.78, 5) is 30.3. The van der Waals surface area contributed by atoms with Crippen LogP contribution in [0.2, 0.25) is 0 Å². The fraction of sp³-hybridized carbons (Fsp3) is 0.559. The van der Waals surface area contributed by atoms with E-state index < -0.39 is 12.3 Å². The average Bonchev–Trinajstić information content (AvgIpc) is 3.66. The van der Waals surface area contributed by atoms with E-state index in [1.54, 1.807) is 11.0 Å². The second kappa shape index (κ2) is 11.0. The van der Waals surface area contributed by atoms with Crippen LogP contribution in [0.3, 0.4) is 0 Å². The van der Waals surface area contributed by atoms with Gasteiger partial charge in [0.2, 0.25) is 0 Å². The van der Waals surface area contributed by atoms with E-state index in [0.29, 0.717) is 58.1 Å². The molecule has 0 saturated carbocycles. The summed E-state index contributed by atoms with van der Waals surface area (Å²) >= 11 is 0. The Balaban J connectivity index is 1.15. The summed E-state index contributed by atoms with van der Waals surface area (Å²) < 4.78 is 35.9. The molecule has 4 atom stereocenters. The van der Waals surface area contributed by atoms with Crippen LogP contribution in [0.15, 0.2) is 30.3 Å². The molecular weight excluding hydrogens is 578 g/mol. The van der Waals surface area contributed by atoms with Crippen molar-refractivity contribution in [2.24, 2.45) is 0 Å². The highest BCUT2D eigenvalue weighted by Gasteiger charge is 2.49. The van der Waals surface area contributed by atoms with Crippen molar-refractivity contribution in [3.05, 3.63) is 53.0 Å². The summed E-state index contributed by atoms with van der Waals surface area (Å²) in [5.41, 5.74) is 3.33. The number of alkyl halides is 1. The normalized spacial score (nSPS) is 27.7. The number of aromatic nitrogens is 2. The standard InChI is InChI=1S/C34H40F2N6O3/c1-2-25-27(36)10-7-21-5-3-6-29(30(21)25)39-14-11-26-28(19-39)37-32(45-20-34-12-4-13-41(34)16-22(35)15-34)38-31(26)40-17-23-8-9-24(18-40)42(23)33(43)44/h3,5-7,10,22-24H,2,4,8-9,11-20H2,1H3,(H,43,44)/t22?,23-,24+,34?. The maximum absolute atomic E-state index is 15.0. The van der Waals surface area contributed by atoms with Crippen LogP contribution in [0.25, 0.3) is 10.8 Å². The third kappa shape index (κ3) is 4.76. The minimum atomic E-state index is -0.854. The molecule has 4 saturated heterocycles. The first kappa shape index (κ1) is 28.7. The van der Waals surface area contributed by atoms with Gasteiger partial charge in [-0.15, -0.1) is 0 Å². The molecule has 5 aliphatic heterocycles. The van der Waals surface area contributed by atoms with Gasteiger partial charge in [0.25, 0.3) is 0 Å². The molecule has 1 amide bonds. The fourth-order valence-corrected chi connectivity index (χ4v) is 8.97. The molecule has 4 fully saturated rings. The van der Waals surface area contributed by atoms with Crippen LogP contribution in [0.1, 0.15) is 55.8 Å². The number of hydrogen-bond donors (Lipinski definition) is 1. The number of benzene rings is 2.